The van der Waals surface area contributed by atoms with Crippen LogP contribution < -0.4 is 26.0 Å². The number of aromatic nitrogens is 1. The molecule has 1 amide bonds. The van der Waals surface area contributed by atoms with Crippen molar-refractivity contribution in [3.63, 3.8) is 0 Å². The van der Waals surface area contributed by atoms with Gasteiger partial charge in [-0.25, -0.2) is 9.59 Å². The average molecular weight is 867 g/mol. The Morgan fingerprint density at radius 1 is 0.742 bits per heavy atom. The number of benzene rings is 2. The lowest BCUT2D eigenvalue weighted by Gasteiger charge is -2.46. The molecule has 3 aromatic heterocycles. The number of fused-ring (bicyclic) bond motifs is 2. The molecule has 20 heteroatoms. The normalized spacial score (nSPS) is 25.7. The van der Waals surface area contributed by atoms with E-state index in [0.29, 0.717) is 0 Å². The van der Waals surface area contributed by atoms with Crippen LogP contribution in [0.5, 0.6) is 23.0 Å². The van der Waals surface area contributed by atoms with Crippen LogP contribution in [0.25, 0.3) is 21.9 Å². The number of aromatic hydroxyl groups is 2. The molecule has 0 aliphatic carbocycles. The maximum atomic E-state index is 13.5. The Bertz CT molecular complexity index is 2490. The van der Waals surface area contributed by atoms with Crippen LogP contribution in [0, 0.1) is 6.92 Å². The molecule has 5 heterocycles. The first-order chi connectivity index (χ1) is 29.2. The molecular weight excluding hydrogens is 820 g/mol. The van der Waals surface area contributed by atoms with E-state index in [1.165, 1.54) is 63.7 Å². The number of hydrogen-bond acceptors (Lipinski definition) is 18. The molecule has 0 unspecified atom stereocenters. The zero-order valence-corrected chi connectivity index (χ0v) is 34.4. The lowest BCUT2D eigenvalue weighted by Crippen LogP contribution is -2.63. The van der Waals surface area contributed by atoms with E-state index in [1.54, 1.807) is 27.7 Å². The Morgan fingerprint density at radius 3 is 1.73 bits per heavy atom. The number of carbonyl (C=O) groups excluding carboxylic acids is 2. The van der Waals surface area contributed by atoms with Crippen molar-refractivity contribution in [3.8, 4) is 23.0 Å². The van der Waals surface area contributed by atoms with Crippen LogP contribution in [0.4, 0.5) is 5.69 Å². The molecule has 2 aliphatic heterocycles. The molecule has 2 fully saturated rings. The fraction of sp³-hybridized carbons (Fsp3) is 0.429. The zero-order chi connectivity index (χ0) is 45.2. The summed E-state index contributed by atoms with van der Waals surface area (Å²) in [6.07, 6.45) is -9.53. The maximum absolute atomic E-state index is 13.5. The Balaban J connectivity index is 1.05. The third kappa shape index (κ3) is 7.90. The molecule has 2 saturated heterocycles. The minimum Gasteiger partial charge on any atom is -0.507 e. The first-order valence-electron chi connectivity index (χ1n) is 19.2. The largest absolute Gasteiger partial charge is 0.507 e. The highest BCUT2D eigenvalue weighted by Crippen LogP contribution is 2.37. The second kappa shape index (κ2) is 16.5. The summed E-state index contributed by atoms with van der Waals surface area (Å²) in [5.74, 6) is -2.70. The number of carbonyl (C=O) groups is 2. The monoisotopic (exact) mass is 866 g/mol. The van der Waals surface area contributed by atoms with Crippen molar-refractivity contribution in [2.75, 3.05) is 19.5 Å². The van der Waals surface area contributed by atoms with Crippen LogP contribution in [0.3, 0.4) is 0 Å². The van der Waals surface area contributed by atoms with E-state index < -0.39 is 107 Å². The summed E-state index contributed by atoms with van der Waals surface area (Å²) < 4.78 is 44.5. The van der Waals surface area contributed by atoms with Crippen LogP contribution >= 0.6 is 0 Å². The number of anilines is 1. The van der Waals surface area contributed by atoms with Gasteiger partial charge in [-0.2, -0.15) is 0 Å². The highest BCUT2D eigenvalue weighted by atomic mass is 16.7. The number of amides is 1. The second-order valence-corrected chi connectivity index (χ2v) is 16.1. The quantitative estimate of drug-likeness (QED) is 0.0697. The molecule has 8 N–H and O–H groups in total. The van der Waals surface area contributed by atoms with Gasteiger partial charge in [0.25, 0.3) is 5.91 Å². The number of methoxy groups -OCH3 is 2. The highest BCUT2D eigenvalue weighted by Gasteiger charge is 2.51. The van der Waals surface area contributed by atoms with E-state index in [0.717, 1.165) is 0 Å². The summed E-state index contributed by atoms with van der Waals surface area (Å²) in [7, 11) is 2.74. The molecule has 0 spiro atoms. The fourth-order valence-corrected chi connectivity index (χ4v) is 7.91. The minimum absolute atomic E-state index is 0.00410. The predicted octanol–water partition coefficient (Wildman–Crippen LogP) is 2.13. The molecule has 8 atom stereocenters. The number of ether oxygens (including phenoxy) is 6. The first kappa shape index (κ1) is 44.2. The van der Waals surface area contributed by atoms with Gasteiger partial charge in [-0.05, 0) is 64.4 Å². The van der Waals surface area contributed by atoms with Gasteiger partial charge >= 0.3 is 11.3 Å². The van der Waals surface area contributed by atoms with E-state index >= 15 is 0 Å². The molecule has 0 saturated carbocycles. The number of nitrogens with one attached hydrogen (secondary N) is 2. The van der Waals surface area contributed by atoms with Gasteiger partial charge in [0.05, 0.1) is 27.5 Å². The Kier molecular flexibility index (Phi) is 11.7. The SMILES string of the molecule is CO[C@@H]1[C@@H](O)[C@@H](O)[C@H](Oc2ccc3c(O)c(CC(=O)c4c[nH]c(C(=O)Nc5c(O)c6ccc(O[C@@H]7OC(C)(C)[C@H](OC)[C@@H](O)[C@H]7O)cc6oc5=O)c4C)c(=O)oc3c2)OC1(C)C. The predicted molar refractivity (Wildman–Crippen MR) is 215 cm³/mol. The van der Waals surface area contributed by atoms with Gasteiger partial charge in [-0.3, -0.25) is 9.59 Å². The van der Waals surface area contributed by atoms with Crippen LogP contribution in [-0.4, -0.2) is 122 Å². The van der Waals surface area contributed by atoms with Gasteiger partial charge < -0.3 is 78.2 Å². The highest BCUT2D eigenvalue weighted by molar-refractivity contribution is 6.09. The molecular formula is C42H46N2O18. The molecule has 62 heavy (non-hydrogen) atoms. The smallest absolute Gasteiger partial charge is 0.364 e. The van der Waals surface area contributed by atoms with E-state index in [2.05, 4.69) is 10.3 Å². The number of rotatable bonds is 11. The van der Waals surface area contributed by atoms with E-state index in [4.69, 9.17) is 37.3 Å². The van der Waals surface area contributed by atoms with Crippen LogP contribution in [0.1, 0.15) is 59.7 Å². The lowest BCUT2D eigenvalue weighted by molar-refractivity contribution is -0.306. The molecule has 332 valence electrons. The van der Waals surface area contributed by atoms with Crippen LogP contribution in [-0.2, 0) is 25.4 Å². The third-order valence-electron chi connectivity index (χ3n) is 11.1. The van der Waals surface area contributed by atoms with Crippen LogP contribution in [0.15, 0.2) is 61.0 Å². The van der Waals surface area contributed by atoms with Crippen molar-refractivity contribution in [2.45, 2.75) is 101 Å². The number of Topliss-reactive ketones (excluding diaryl/α,β-unsaturated/α-hetero) is 1. The molecule has 2 aliphatic rings. The van der Waals surface area contributed by atoms with Gasteiger partial charge in [0.1, 0.15) is 70.7 Å². The van der Waals surface area contributed by atoms with Crippen molar-refractivity contribution in [3.05, 3.63) is 85.8 Å². The van der Waals surface area contributed by atoms with Crippen molar-refractivity contribution in [1.29, 1.82) is 0 Å². The van der Waals surface area contributed by atoms with Gasteiger partial charge in [0.2, 0.25) is 12.6 Å². The molecule has 7 rings (SSSR count). The van der Waals surface area contributed by atoms with Crippen molar-refractivity contribution < 1.29 is 77.5 Å². The summed E-state index contributed by atoms with van der Waals surface area (Å²) in [6, 6.07) is 7.99. The second-order valence-electron chi connectivity index (χ2n) is 16.1. The standard InChI is InChI=1S/C42H46N2O18/c1-16-22(23(45)14-21-28(46)19-10-8-17(12-24(19)59-37(21)53)57-39-32(50)30(48)34(55-6)41(2,3)61-39)15-43-26(16)36(52)44-27-29(47)20-11-9-18(13-25(20)60-38(27)54)58-40-33(51)31(49)35(56-7)42(4,5)62-40/h8-13,15,30-35,39-40,43,46-51H,14H2,1-7H3,(H,44,52)/t30-,31-,32+,33+,34+,35+,39+,40+/m0/s1. The van der Waals surface area contributed by atoms with E-state index in [-0.39, 0.29) is 55.8 Å². The maximum Gasteiger partial charge on any atom is 0.364 e. The summed E-state index contributed by atoms with van der Waals surface area (Å²) in [5.41, 5.74) is -5.65. The van der Waals surface area contributed by atoms with Crippen molar-refractivity contribution in [1.82, 2.24) is 4.98 Å². The van der Waals surface area contributed by atoms with Gasteiger partial charge in [0.15, 0.2) is 17.2 Å². The minimum atomic E-state index is -1.51. The van der Waals surface area contributed by atoms with Gasteiger partial charge in [-0.15, -0.1) is 0 Å². The number of aliphatic hydroxyl groups is 4. The summed E-state index contributed by atoms with van der Waals surface area (Å²) in [4.78, 5) is 55.8. The Labute approximate surface area is 351 Å². The van der Waals surface area contributed by atoms with E-state index in [9.17, 15) is 49.8 Å². The molecule has 2 aromatic carbocycles. The van der Waals surface area contributed by atoms with Crippen molar-refractivity contribution in [2.24, 2.45) is 0 Å². The summed E-state index contributed by atoms with van der Waals surface area (Å²) >= 11 is 0. The fourth-order valence-electron chi connectivity index (χ4n) is 7.91. The molecule has 0 radical (unpaired) electrons. The molecule has 5 aromatic rings. The van der Waals surface area contributed by atoms with E-state index in [1.807, 2.05) is 0 Å². The number of H-pyrrole nitrogens is 1. The Morgan fingerprint density at radius 2 is 1.23 bits per heavy atom. The summed E-state index contributed by atoms with van der Waals surface area (Å²) in [5, 5.41) is 66.8. The van der Waals surface area contributed by atoms with Gasteiger partial charge in [-0.1, -0.05) is 0 Å². The van der Waals surface area contributed by atoms with Crippen LogP contribution in [0.2, 0.25) is 0 Å². The lowest BCUT2D eigenvalue weighted by atomic mass is 9.89. The van der Waals surface area contributed by atoms with Crippen molar-refractivity contribution >= 4 is 39.3 Å². The van der Waals surface area contributed by atoms with Gasteiger partial charge in [0, 0.05) is 44.5 Å². The molecule has 20 nitrogen and oxygen atoms in total. The number of hydrogen-bond donors (Lipinski definition) is 8. The topological polar surface area (TPSA) is 299 Å². The molecule has 0 bridgehead atoms. The third-order valence-corrected chi connectivity index (χ3v) is 11.1. The summed E-state index contributed by atoms with van der Waals surface area (Å²) in [6.45, 7) is 8.02. The first-order valence-corrected chi connectivity index (χ1v) is 19.2. The number of aliphatic hydroxyl groups excluding tert-OH is 4. The Hall–Kier alpha value is -5.84. The number of aromatic amines is 1. The average Bonchev–Trinajstić information content (AvgIpc) is 3.59. The number of ketones is 1. The zero-order valence-electron chi connectivity index (χ0n) is 34.4.